The van der Waals surface area contributed by atoms with Crippen molar-refractivity contribution >= 4 is 0 Å². The van der Waals surface area contributed by atoms with E-state index < -0.39 is 6.10 Å². The quantitative estimate of drug-likeness (QED) is 0.730. The van der Waals surface area contributed by atoms with E-state index >= 15 is 0 Å². The van der Waals surface area contributed by atoms with Crippen molar-refractivity contribution in [3.63, 3.8) is 0 Å². The predicted octanol–water partition coefficient (Wildman–Crippen LogP) is 1.51. The van der Waals surface area contributed by atoms with Crippen molar-refractivity contribution in [1.82, 2.24) is 0 Å². The van der Waals surface area contributed by atoms with Crippen molar-refractivity contribution < 1.29 is 9.50 Å². The van der Waals surface area contributed by atoms with Gasteiger partial charge in [-0.15, -0.1) is 0 Å². The smallest absolute Gasteiger partial charge is 0.126 e. The molecule has 1 aromatic rings. The van der Waals surface area contributed by atoms with Gasteiger partial charge >= 0.3 is 0 Å². The molecule has 1 aromatic carbocycles. The third kappa shape index (κ3) is 2.05. The van der Waals surface area contributed by atoms with E-state index in [2.05, 4.69) is 0 Å². The number of benzene rings is 1. The maximum Gasteiger partial charge on any atom is 0.126 e. The van der Waals surface area contributed by atoms with Crippen LogP contribution in [0.15, 0.2) is 18.2 Å². The molecule has 0 aliphatic heterocycles. The van der Waals surface area contributed by atoms with Crippen LogP contribution in [0.3, 0.4) is 0 Å². The maximum atomic E-state index is 13.1. The van der Waals surface area contributed by atoms with Crippen LogP contribution in [0.5, 0.6) is 0 Å². The fourth-order valence-corrected chi connectivity index (χ4v) is 1.23. The summed E-state index contributed by atoms with van der Waals surface area (Å²) in [6.07, 6.45) is -0.796. The highest BCUT2D eigenvalue weighted by Gasteiger charge is 2.15. The third-order valence-electron chi connectivity index (χ3n) is 2.13. The first-order valence-electron chi connectivity index (χ1n) is 4.22. The Kier molecular flexibility index (Phi) is 3.01. The summed E-state index contributed by atoms with van der Waals surface area (Å²) in [5, 5.41) is 9.61. The van der Waals surface area contributed by atoms with Gasteiger partial charge in [-0.25, -0.2) is 4.39 Å². The first kappa shape index (κ1) is 10.2. The summed E-state index contributed by atoms with van der Waals surface area (Å²) in [7, 11) is 0. The van der Waals surface area contributed by atoms with E-state index in [1.54, 1.807) is 26.0 Å². The Labute approximate surface area is 77.2 Å². The van der Waals surface area contributed by atoms with E-state index in [1.807, 2.05) is 0 Å². The largest absolute Gasteiger partial charge is 0.387 e. The number of halogens is 1. The lowest BCUT2D eigenvalue weighted by molar-refractivity contribution is 0.152. The fraction of sp³-hybridized carbons (Fsp3) is 0.400. The molecule has 3 heteroatoms. The summed E-state index contributed by atoms with van der Waals surface area (Å²) < 4.78 is 13.1. The van der Waals surface area contributed by atoms with Gasteiger partial charge in [0.25, 0.3) is 0 Å². The molecule has 2 atom stereocenters. The standard InChI is InChI=1S/C10H14FNO/c1-6-8(10(13)7(2)12)4-3-5-9(6)11/h3-5,7,10,13H,12H2,1-2H3. The molecule has 13 heavy (non-hydrogen) atoms. The summed E-state index contributed by atoms with van der Waals surface area (Å²) in [6.45, 7) is 3.32. The van der Waals surface area contributed by atoms with Crippen LogP contribution in [0.4, 0.5) is 4.39 Å². The van der Waals surface area contributed by atoms with E-state index in [0.29, 0.717) is 11.1 Å². The molecular formula is C10H14FNO. The number of aliphatic hydroxyl groups excluding tert-OH is 1. The van der Waals surface area contributed by atoms with Crippen LogP contribution in [0.25, 0.3) is 0 Å². The lowest BCUT2D eigenvalue weighted by Gasteiger charge is -2.17. The fourth-order valence-electron chi connectivity index (χ4n) is 1.23. The summed E-state index contributed by atoms with van der Waals surface area (Å²) in [5.41, 5.74) is 6.54. The van der Waals surface area contributed by atoms with Crippen LogP contribution >= 0.6 is 0 Å². The van der Waals surface area contributed by atoms with Gasteiger partial charge in [-0.1, -0.05) is 12.1 Å². The highest BCUT2D eigenvalue weighted by molar-refractivity contribution is 5.29. The van der Waals surface area contributed by atoms with Gasteiger partial charge in [0.2, 0.25) is 0 Å². The monoisotopic (exact) mass is 183 g/mol. The summed E-state index contributed by atoms with van der Waals surface area (Å²) in [6, 6.07) is 4.24. The van der Waals surface area contributed by atoms with E-state index in [1.165, 1.54) is 6.07 Å². The molecule has 2 nitrogen and oxygen atoms in total. The topological polar surface area (TPSA) is 46.2 Å². The average molecular weight is 183 g/mol. The van der Waals surface area contributed by atoms with Crippen molar-refractivity contribution in [2.75, 3.05) is 0 Å². The van der Waals surface area contributed by atoms with Crippen molar-refractivity contribution in [2.45, 2.75) is 26.0 Å². The van der Waals surface area contributed by atoms with Gasteiger partial charge in [0.05, 0.1) is 6.10 Å². The summed E-state index contributed by atoms with van der Waals surface area (Å²) >= 11 is 0. The summed E-state index contributed by atoms with van der Waals surface area (Å²) in [4.78, 5) is 0. The minimum Gasteiger partial charge on any atom is -0.387 e. The molecule has 0 heterocycles. The molecule has 0 radical (unpaired) electrons. The number of hydrogen-bond donors (Lipinski definition) is 2. The molecule has 0 saturated carbocycles. The first-order chi connectivity index (χ1) is 6.04. The van der Waals surface area contributed by atoms with E-state index in [0.717, 1.165) is 0 Å². The molecule has 0 spiro atoms. The van der Waals surface area contributed by atoms with Crippen LogP contribution < -0.4 is 5.73 Å². The van der Waals surface area contributed by atoms with Gasteiger partial charge < -0.3 is 10.8 Å². The maximum absolute atomic E-state index is 13.1. The van der Waals surface area contributed by atoms with Gasteiger partial charge in [-0.3, -0.25) is 0 Å². The number of hydrogen-bond acceptors (Lipinski definition) is 2. The average Bonchev–Trinajstić information content (AvgIpc) is 2.08. The Hall–Kier alpha value is -0.930. The molecule has 0 aromatic heterocycles. The highest BCUT2D eigenvalue weighted by atomic mass is 19.1. The molecule has 1 rings (SSSR count). The van der Waals surface area contributed by atoms with Crippen LogP contribution in [-0.2, 0) is 0 Å². The molecule has 72 valence electrons. The number of aliphatic hydroxyl groups is 1. The zero-order valence-electron chi connectivity index (χ0n) is 7.79. The van der Waals surface area contributed by atoms with Crippen LogP contribution in [0.1, 0.15) is 24.2 Å². The Morgan fingerprint density at radius 3 is 2.62 bits per heavy atom. The second kappa shape index (κ2) is 3.85. The molecule has 0 saturated heterocycles. The van der Waals surface area contributed by atoms with Crippen LogP contribution in [-0.4, -0.2) is 11.1 Å². The zero-order chi connectivity index (χ0) is 10.0. The van der Waals surface area contributed by atoms with E-state index in [4.69, 9.17) is 5.73 Å². The zero-order valence-corrected chi connectivity index (χ0v) is 7.79. The molecule has 0 aliphatic carbocycles. The Balaban J connectivity index is 3.07. The lowest BCUT2D eigenvalue weighted by Crippen LogP contribution is -2.25. The van der Waals surface area contributed by atoms with Gasteiger partial charge in [0.15, 0.2) is 0 Å². The van der Waals surface area contributed by atoms with Gasteiger partial charge in [-0.05, 0) is 31.0 Å². The molecular weight excluding hydrogens is 169 g/mol. The van der Waals surface area contributed by atoms with Crippen molar-refractivity contribution in [3.8, 4) is 0 Å². The van der Waals surface area contributed by atoms with Crippen molar-refractivity contribution in [2.24, 2.45) is 5.73 Å². The van der Waals surface area contributed by atoms with Gasteiger partial charge in [-0.2, -0.15) is 0 Å². The molecule has 0 bridgehead atoms. The second-order valence-corrected chi connectivity index (χ2v) is 3.26. The minimum absolute atomic E-state index is 0.308. The van der Waals surface area contributed by atoms with Gasteiger partial charge in [0.1, 0.15) is 5.82 Å². The SMILES string of the molecule is Cc1c(F)cccc1C(O)C(C)N. The first-order valence-corrected chi connectivity index (χ1v) is 4.22. The normalized spacial score (nSPS) is 15.5. The Morgan fingerprint density at radius 2 is 2.08 bits per heavy atom. The Morgan fingerprint density at radius 1 is 1.46 bits per heavy atom. The number of rotatable bonds is 2. The molecule has 0 amide bonds. The van der Waals surface area contributed by atoms with Crippen LogP contribution in [0, 0.1) is 12.7 Å². The summed E-state index contributed by atoms with van der Waals surface area (Å²) in [5.74, 6) is -0.308. The van der Waals surface area contributed by atoms with E-state index in [-0.39, 0.29) is 11.9 Å². The van der Waals surface area contributed by atoms with Crippen LogP contribution in [0.2, 0.25) is 0 Å². The molecule has 2 unspecified atom stereocenters. The minimum atomic E-state index is -0.796. The second-order valence-electron chi connectivity index (χ2n) is 3.26. The molecule has 0 fully saturated rings. The highest BCUT2D eigenvalue weighted by Crippen LogP contribution is 2.21. The molecule has 3 N–H and O–H groups in total. The number of nitrogens with two attached hydrogens (primary N) is 1. The van der Waals surface area contributed by atoms with Crippen molar-refractivity contribution in [3.05, 3.63) is 35.1 Å². The molecule has 0 aliphatic rings. The van der Waals surface area contributed by atoms with Gasteiger partial charge in [0, 0.05) is 6.04 Å². The Bertz CT molecular complexity index is 299. The van der Waals surface area contributed by atoms with E-state index in [9.17, 15) is 9.50 Å². The lowest BCUT2D eigenvalue weighted by atomic mass is 9.99. The third-order valence-corrected chi connectivity index (χ3v) is 2.13. The van der Waals surface area contributed by atoms with Crippen molar-refractivity contribution in [1.29, 1.82) is 0 Å². The predicted molar refractivity (Wildman–Crippen MR) is 49.7 cm³/mol.